The van der Waals surface area contributed by atoms with E-state index >= 15 is 0 Å². The molecule has 1 fully saturated rings. The largest absolute Gasteiger partial charge is 0.493 e. The van der Waals surface area contributed by atoms with Crippen LogP contribution in [0.3, 0.4) is 0 Å². The molecule has 6 rings (SSSR count). The highest BCUT2D eigenvalue weighted by Crippen LogP contribution is 2.31. The zero-order chi connectivity index (χ0) is 25.6. The van der Waals surface area contributed by atoms with Crippen molar-refractivity contribution in [2.24, 2.45) is 0 Å². The minimum absolute atomic E-state index is 0.0176. The minimum Gasteiger partial charge on any atom is -0.493 e. The zero-order valence-corrected chi connectivity index (χ0v) is 20.8. The van der Waals surface area contributed by atoms with Gasteiger partial charge in [-0.25, -0.2) is 14.4 Å². The second-order valence-corrected chi connectivity index (χ2v) is 8.89. The van der Waals surface area contributed by atoms with Crippen LogP contribution < -0.4 is 20.3 Å². The summed E-state index contributed by atoms with van der Waals surface area (Å²) in [6.07, 6.45) is 3.03. The molecule has 9 nitrogen and oxygen atoms in total. The molecule has 194 valence electrons. The number of methoxy groups -OCH3 is 1. The molecule has 1 aromatic heterocycles. The Morgan fingerprint density at radius 1 is 1.05 bits per heavy atom. The van der Waals surface area contributed by atoms with Crippen LogP contribution >= 0.6 is 0 Å². The summed E-state index contributed by atoms with van der Waals surface area (Å²) in [6.45, 7) is 4.44. The molecule has 2 N–H and O–H groups in total. The molecular formula is C27H30FN5O4. The van der Waals surface area contributed by atoms with Gasteiger partial charge in [0.1, 0.15) is 11.5 Å². The van der Waals surface area contributed by atoms with Gasteiger partial charge in [-0.05, 0) is 43.2 Å². The van der Waals surface area contributed by atoms with E-state index in [0.29, 0.717) is 55.9 Å². The number of amides is 1. The third kappa shape index (κ3) is 5.81. The van der Waals surface area contributed by atoms with Gasteiger partial charge < -0.3 is 29.7 Å². The average Bonchev–Trinajstić information content (AvgIpc) is 2.92. The number of benzene rings is 2. The average molecular weight is 508 g/mol. The van der Waals surface area contributed by atoms with Crippen LogP contribution in [0.25, 0.3) is 11.3 Å². The number of halogens is 1. The first-order valence-corrected chi connectivity index (χ1v) is 12.4. The highest BCUT2D eigenvalue weighted by molar-refractivity contribution is 5.95. The molecule has 10 heteroatoms. The fourth-order valence-electron chi connectivity index (χ4n) is 4.46. The van der Waals surface area contributed by atoms with Crippen molar-refractivity contribution in [1.29, 1.82) is 0 Å². The lowest BCUT2D eigenvalue weighted by Gasteiger charge is -2.31. The zero-order valence-electron chi connectivity index (χ0n) is 20.8. The van der Waals surface area contributed by atoms with Crippen LogP contribution in [0.4, 0.5) is 21.7 Å². The first kappa shape index (κ1) is 24.9. The predicted octanol–water partition coefficient (Wildman–Crippen LogP) is 3.91. The molecule has 0 saturated carbocycles. The third-order valence-corrected chi connectivity index (χ3v) is 6.41. The Morgan fingerprint density at radius 2 is 1.92 bits per heavy atom. The van der Waals surface area contributed by atoms with Gasteiger partial charge in [0.25, 0.3) is 5.91 Å². The van der Waals surface area contributed by atoms with E-state index in [1.165, 1.54) is 25.4 Å². The predicted molar refractivity (Wildman–Crippen MR) is 138 cm³/mol. The summed E-state index contributed by atoms with van der Waals surface area (Å²) in [5.74, 6) is -0.354. The van der Waals surface area contributed by atoms with E-state index in [-0.39, 0.29) is 5.56 Å². The van der Waals surface area contributed by atoms with Crippen molar-refractivity contribution in [3.05, 3.63) is 59.5 Å². The summed E-state index contributed by atoms with van der Waals surface area (Å²) in [5, 5.41) is 6.04. The summed E-state index contributed by atoms with van der Waals surface area (Å²) in [4.78, 5) is 23.8. The molecule has 3 aromatic rings. The van der Waals surface area contributed by atoms with Gasteiger partial charge in [0, 0.05) is 48.7 Å². The Bertz CT molecular complexity index is 1270. The normalized spacial score (nSPS) is 16.7. The number of anilines is 3. The van der Waals surface area contributed by atoms with Crippen molar-refractivity contribution >= 4 is 23.2 Å². The van der Waals surface area contributed by atoms with Crippen molar-refractivity contribution in [3.63, 3.8) is 0 Å². The molecule has 3 aliphatic rings. The lowest BCUT2D eigenvalue weighted by molar-refractivity contribution is 0.0942. The highest BCUT2D eigenvalue weighted by atomic mass is 19.1. The second-order valence-electron chi connectivity index (χ2n) is 8.89. The van der Waals surface area contributed by atoms with Crippen molar-refractivity contribution in [2.75, 3.05) is 56.8 Å². The monoisotopic (exact) mass is 507 g/mol. The Labute approximate surface area is 215 Å². The number of hydrogen-bond donors (Lipinski definition) is 2. The van der Waals surface area contributed by atoms with Gasteiger partial charge in [-0.3, -0.25) is 4.79 Å². The Balaban J connectivity index is 1.51. The van der Waals surface area contributed by atoms with Crippen LogP contribution in [-0.2, 0) is 16.1 Å². The van der Waals surface area contributed by atoms with Gasteiger partial charge >= 0.3 is 0 Å². The Hall–Kier alpha value is -3.76. The van der Waals surface area contributed by atoms with Gasteiger partial charge in [-0.15, -0.1) is 0 Å². The lowest BCUT2D eigenvalue weighted by Crippen LogP contribution is -2.36. The van der Waals surface area contributed by atoms with E-state index in [4.69, 9.17) is 14.2 Å². The summed E-state index contributed by atoms with van der Waals surface area (Å²) in [6, 6.07) is 10.5. The quantitative estimate of drug-likeness (QED) is 0.539. The molecule has 0 radical (unpaired) electrons. The Kier molecular flexibility index (Phi) is 7.76. The van der Waals surface area contributed by atoms with Gasteiger partial charge in [0.2, 0.25) is 5.95 Å². The molecule has 0 spiro atoms. The number of carbonyl (C=O) groups is 1. The van der Waals surface area contributed by atoms with Crippen molar-refractivity contribution in [1.82, 2.24) is 15.3 Å². The van der Waals surface area contributed by atoms with E-state index in [1.54, 1.807) is 6.07 Å². The van der Waals surface area contributed by atoms with Crippen molar-refractivity contribution in [2.45, 2.75) is 19.4 Å². The number of ether oxygens (including phenoxy) is 3. The molecule has 1 saturated heterocycles. The van der Waals surface area contributed by atoms with Gasteiger partial charge in [0.15, 0.2) is 5.75 Å². The molecule has 4 heterocycles. The molecule has 0 unspecified atom stereocenters. The van der Waals surface area contributed by atoms with Gasteiger partial charge in [-0.1, -0.05) is 6.07 Å². The van der Waals surface area contributed by atoms with E-state index in [9.17, 15) is 9.18 Å². The number of rotatable bonds is 2. The minimum atomic E-state index is -0.630. The molecule has 2 aromatic carbocycles. The topological polar surface area (TPSA) is 97.8 Å². The number of morpholine rings is 1. The van der Waals surface area contributed by atoms with E-state index in [1.807, 2.05) is 12.1 Å². The summed E-state index contributed by atoms with van der Waals surface area (Å²) >= 11 is 0. The SMILES string of the molecule is COc1cnc2nc1-c1ccc(c(F)c1)C(=O)NCCCCOCc1cc(ccc1N1CCOCC1)N2. The first-order valence-electron chi connectivity index (χ1n) is 12.4. The maximum Gasteiger partial charge on any atom is 0.254 e. The van der Waals surface area contributed by atoms with Crippen molar-refractivity contribution < 1.29 is 23.4 Å². The highest BCUT2D eigenvalue weighted by Gasteiger charge is 2.18. The number of aromatic nitrogens is 2. The van der Waals surface area contributed by atoms with Crippen LogP contribution in [0, 0.1) is 5.82 Å². The Morgan fingerprint density at radius 3 is 2.73 bits per heavy atom. The van der Waals surface area contributed by atoms with Crippen molar-refractivity contribution in [3.8, 4) is 17.0 Å². The molecular weight excluding hydrogens is 477 g/mol. The van der Waals surface area contributed by atoms with Gasteiger partial charge in [0.05, 0.1) is 38.7 Å². The van der Waals surface area contributed by atoms with Crippen LogP contribution in [0.1, 0.15) is 28.8 Å². The van der Waals surface area contributed by atoms with E-state index in [0.717, 1.165) is 42.9 Å². The summed E-state index contributed by atoms with van der Waals surface area (Å²) < 4.78 is 31.9. The number of nitrogens with zero attached hydrogens (tertiary/aromatic N) is 3. The summed E-state index contributed by atoms with van der Waals surface area (Å²) in [7, 11) is 1.51. The second kappa shape index (κ2) is 11.5. The summed E-state index contributed by atoms with van der Waals surface area (Å²) in [5.41, 5.74) is 3.84. The number of fused-ring (bicyclic) bond motifs is 9. The molecule has 1 amide bonds. The lowest BCUT2D eigenvalue weighted by atomic mass is 10.1. The molecule has 0 aliphatic carbocycles. The standard InChI is InChI=1S/C27H30FN5O4/c1-35-24-16-30-27-31-20-5-7-23(33-9-12-36-13-10-33)19(14-20)17-37-11-3-2-8-29-26(34)21-6-4-18(15-22(21)28)25(24)32-27/h4-7,14-16H,2-3,8-13,17H2,1H3,(H,29,34)(H,30,31,32). The number of nitrogens with one attached hydrogen (secondary N) is 2. The van der Waals surface area contributed by atoms with E-state index in [2.05, 4.69) is 31.6 Å². The third-order valence-electron chi connectivity index (χ3n) is 6.41. The molecule has 0 atom stereocenters. The number of hydrogen-bond acceptors (Lipinski definition) is 8. The number of carbonyl (C=O) groups excluding carboxylic acids is 1. The molecule has 37 heavy (non-hydrogen) atoms. The van der Waals surface area contributed by atoms with Crippen LogP contribution in [-0.4, -0.2) is 62.4 Å². The van der Waals surface area contributed by atoms with Crippen LogP contribution in [0.15, 0.2) is 42.6 Å². The maximum atomic E-state index is 14.9. The van der Waals surface area contributed by atoms with Crippen LogP contribution in [0.2, 0.25) is 0 Å². The molecule has 3 aliphatic heterocycles. The van der Waals surface area contributed by atoms with E-state index < -0.39 is 11.7 Å². The smallest absolute Gasteiger partial charge is 0.254 e. The van der Waals surface area contributed by atoms with Crippen LogP contribution in [0.5, 0.6) is 5.75 Å². The first-order chi connectivity index (χ1) is 18.1. The fraction of sp³-hybridized carbons (Fsp3) is 0.370. The fourth-order valence-corrected chi connectivity index (χ4v) is 4.46. The van der Waals surface area contributed by atoms with Gasteiger partial charge in [-0.2, -0.15) is 0 Å². The maximum absolute atomic E-state index is 14.9. The molecule has 6 bridgehead atoms.